The first-order valence-electron chi connectivity index (χ1n) is 19.8. The van der Waals surface area contributed by atoms with Crippen molar-refractivity contribution in [2.45, 2.75) is 19.3 Å². The topological polar surface area (TPSA) is 12.5 Å². The zero-order valence-electron chi connectivity index (χ0n) is 31.9. The molecule has 1 heterocycles. The van der Waals surface area contributed by atoms with E-state index in [1.165, 1.54) is 27.8 Å². The van der Waals surface area contributed by atoms with Gasteiger partial charge in [-0.2, -0.15) is 0 Å². The first-order valence-corrected chi connectivity index (χ1v) is 19.8. The van der Waals surface area contributed by atoms with Gasteiger partial charge in [-0.05, 0) is 86.3 Å². The first-order chi connectivity index (χ1) is 28.1. The van der Waals surface area contributed by atoms with Crippen molar-refractivity contribution in [2.24, 2.45) is 0 Å². The molecule has 2 heteroatoms. The van der Waals surface area contributed by atoms with E-state index in [0.29, 0.717) is 0 Å². The fourth-order valence-electron chi connectivity index (χ4n) is 9.39. The molecular formula is C55H39NO. The summed E-state index contributed by atoms with van der Waals surface area (Å²) < 4.78 is 7.20. The predicted octanol–water partition coefficient (Wildman–Crippen LogP) is 15.4. The van der Waals surface area contributed by atoms with Crippen molar-refractivity contribution in [3.05, 3.63) is 211 Å². The summed E-state index contributed by atoms with van der Waals surface area (Å²) in [7, 11) is 0. The minimum atomic E-state index is -0.162. The molecule has 0 atom stereocenters. The number of ether oxygens (including phenoxy) is 1. The molecule has 0 spiro atoms. The minimum absolute atomic E-state index is 0.162. The van der Waals surface area contributed by atoms with Gasteiger partial charge in [-0.25, -0.2) is 0 Å². The lowest BCUT2D eigenvalue weighted by Gasteiger charge is -2.32. The van der Waals surface area contributed by atoms with Crippen LogP contribution < -0.4 is 9.64 Å². The molecule has 1 aliphatic carbocycles. The zero-order chi connectivity index (χ0) is 38.1. The summed E-state index contributed by atoms with van der Waals surface area (Å²) in [4.78, 5) is 2.49. The molecule has 0 saturated carbocycles. The molecule has 2 aliphatic rings. The van der Waals surface area contributed by atoms with E-state index in [1.54, 1.807) is 0 Å². The van der Waals surface area contributed by atoms with Crippen LogP contribution in [0.15, 0.2) is 200 Å². The Bertz CT molecular complexity index is 3020. The molecule has 2 nitrogen and oxygen atoms in total. The van der Waals surface area contributed by atoms with E-state index >= 15 is 0 Å². The zero-order valence-corrected chi connectivity index (χ0v) is 31.9. The number of hydrogen-bond acceptors (Lipinski definition) is 2. The van der Waals surface area contributed by atoms with Crippen molar-refractivity contribution in [1.29, 1.82) is 0 Å². The van der Waals surface area contributed by atoms with Crippen molar-refractivity contribution < 1.29 is 4.74 Å². The van der Waals surface area contributed by atoms with Crippen molar-refractivity contribution in [1.82, 2.24) is 0 Å². The Morgan fingerprint density at radius 2 is 1.00 bits per heavy atom. The number of fused-ring (bicyclic) bond motifs is 10. The van der Waals surface area contributed by atoms with Gasteiger partial charge in [0.1, 0.15) is 11.5 Å². The molecule has 9 aromatic rings. The monoisotopic (exact) mass is 729 g/mol. The van der Waals surface area contributed by atoms with Gasteiger partial charge in [-0.3, -0.25) is 0 Å². The highest BCUT2D eigenvalue weighted by atomic mass is 16.5. The van der Waals surface area contributed by atoms with Gasteiger partial charge in [-0.15, -0.1) is 0 Å². The van der Waals surface area contributed by atoms with Crippen LogP contribution in [0.25, 0.3) is 66.4 Å². The van der Waals surface area contributed by atoms with Gasteiger partial charge in [0.15, 0.2) is 0 Å². The van der Waals surface area contributed by atoms with Gasteiger partial charge < -0.3 is 9.64 Å². The number of anilines is 3. The van der Waals surface area contributed by atoms with Crippen LogP contribution in [0.5, 0.6) is 11.5 Å². The third kappa shape index (κ3) is 5.18. The van der Waals surface area contributed by atoms with E-state index in [1.807, 2.05) is 0 Å². The average Bonchev–Trinajstić information content (AvgIpc) is 3.38. The second kappa shape index (κ2) is 13.0. The van der Waals surface area contributed by atoms with E-state index in [9.17, 15) is 0 Å². The van der Waals surface area contributed by atoms with E-state index in [-0.39, 0.29) is 5.41 Å². The van der Waals surface area contributed by atoms with Crippen LogP contribution >= 0.6 is 0 Å². The lowest BCUT2D eigenvalue weighted by molar-refractivity contribution is 0.493. The Kier molecular flexibility index (Phi) is 7.55. The average molecular weight is 730 g/mol. The Labute approximate surface area is 333 Å². The lowest BCUT2D eigenvalue weighted by atomic mass is 9.82. The highest BCUT2D eigenvalue weighted by Crippen LogP contribution is 2.58. The second-order valence-electron chi connectivity index (χ2n) is 15.6. The molecule has 0 N–H and O–H groups in total. The largest absolute Gasteiger partial charge is 0.455 e. The summed E-state index contributed by atoms with van der Waals surface area (Å²) >= 11 is 0. The molecule has 9 aromatic carbocycles. The summed E-state index contributed by atoms with van der Waals surface area (Å²) in [5, 5.41) is 2.24. The van der Waals surface area contributed by atoms with Gasteiger partial charge in [0.2, 0.25) is 0 Å². The highest BCUT2D eigenvalue weighted by molar-refractivity contribution is 6.10. The second-order valence-corrected chi connectivity index (χ2v) is 15.6. The van der Waals surface area contributed by atoms with E-state index < -0.39 is 0 Å². The van der Waals surface area contributed by atoms with Crippen LogP contribution in [0.4, 0.5) is 17.1 Å². The number of para-hydroxylation sites is 2. The van der Waals surface area contributed by atoms with Gasteiger partial charge in [0.05, 0.1) is 11.4 Å². The van der Waals surface area contributed by atoms with Crippen LogP contribution in [0, 0.1) is 0 Å². The predicted molar refractivity (Wildman–Crippen MR) is 238 cm³/mol. The molecular weight excluding hydrogens is 691 g/mol. The van der Waals surface area contributed by atoms with Gasteiger partial charge in [0, 0.05) is 38.7 Å². The van der Waals surface area contributed by atoms with Crippen molar-refractivity contribution in [3.8, 4) is 67.1 Å². The fraction of sp³-hybridized carbons (Fsp3) is 0.0545. The molecule has 0 aromatic heterocycles. The Balaban J connectivity index is 1.25. The molecule has 0 bridgehead atoms. The summed E-state index contributed by atoms with van der Waals surface area (Å²) in [6.45, 7) is 4.72. The Morgan fingerprint density at radius 1 is 0.404 bits per heavy atom. The molecule has 0 amide bonds. The highest BCUT2D eigenvalue weighted by Gasteiger charge is 2.37. The van der Waals surface area contributed by atoms with Crippen LogP contribution in [-0.2, 0) is 5.41 Å². The SMILES string of the molecule is CC1(C)c2ccccc2-c2ccc(N(c3ccccc3-c3ccccc3)c3cccc4c3-c3ccccc3Oc3c-4c(-c4ccccc4)cc4ccccc34)cc21. The van der Waals surface area contributed by atoms with E-state index in [4.69, 9.17) is 4.74 Å². The number of hydrogen-bond donors (Lipinski definition) is 0. The molecule has 57 heavy (non-hydrogen) atoms. The summed E-state index contributed by atoms with van der Waals surface area (Å²) in [6.07, 6.45) is 0. The van der Waals surface area contributed by atoms with Crippen LogP contribution in [0.2, 0.25) is 0 Å². The molecule has 0 fully saturated rings. The number of rotatable bonds is 5. The smallest absolute Gasteiger partial charge is 0.143 e. The maximum absolute atomic E-state index is 7.20. The van der Waals surface area contributed by atoms with Crippen molar-refractivity contribution in [2.75, 3.05) is 4.90 Å². The maximum Gasteiger partial charge on any atom is 0.143 e. The quantitative estimate of drug-likeness (QED) is 0.175. The Morgan fingerprint density at radius 3 is 1.81 bits per heavy atom. The van der Waals surface area contributed by atoms with Crippen molar-refractivity contribution >= 4 is 27.8 Å². The third-order valence-corrected chi connectivity index (χ3v) is 12.1. The minimum Gasteiger partial charge on any atom is -0.455 e. The normalized spacial score (nSPS) is 13.0. The molecule has 0 radical (unpaired) electrons. The summed E-state index contributed by atoms with van der Waals surface area (Å²) in [5.41, 5.74) is 17.5. The van der Waals surface area contributed by atoms with Crippen LogP contribution in [0.3, 0.4) is 0 Å². The Hall–Kier alpha value is -7.16. The van der Waals surface area contributed by atoms with Crippen LogP contribution in [0.1, 0.15) is 25.0 Å². The maximum atomic E-state index is 7.20. The number of nitrogens with zero attached hydrogens (tertiary/aromatic N) is 1. The summed E-state index contributed by atoms with van der Waals surface area (Å²) in [5.74, 6) is 1.71. The van der Waals surface area contributed by atoms with E-state index in [2.05, 4.69) is 219 Å². The van der Waals surface area contributed by atoms with Gasteiger partial charge in [0.25, 0.3) is 0 Å². The molecule has 11 rings (SSSR count). The molecule has 0 unspecified atom stereocenters. The molecule has 1 aliphatic heterocycles. The third-order valence-electron chi connectivity index (χ3n) is 12.1. The van der Waals surface area contributed by atoms with Crippen LogP contribution in [-0.4, -0.2) is 0 Å². The lowest BCUT2D eigenvalue weighted by Crippen LogP contribution is -2.17. The molecule has 0 saturated heterocycles. The van der Waals surface area contributed by atoms with Crippen molar-refractivity contribution in [3.63, 3.8) is 0 Å². The molecule has 270 valence electrons. The van der Waals surface area contributed by atoms with Gasteiger partial charge >= 0.3 is 0 Å². The first kappa shape index (κ1) is 33.2. The standard InChI is InChI=1S/C55H39NO/c1-55(2)47-28-14-11-25-42(47)43-33-32-39(35-48(43)55)56(49-29-15-12-23-40(49)36-18-5-3-6-19-36)50-30-17-27-45-52(50)44-26-13-16-31-51(44)57-54-41-24-10-9-22-38(41)34-46(53(45)54)37-20-7-4-8-21-37/h3-35H,1-2H3. The fourth-order valence-corrected chi connectivity index (χ4v) is 9.39. The van der Waals surface area contributed by atoms with Gasteiger partial charge in [-0.1, -0.05) is 178 Å². The summed E-state index contributed by atoms with van der Waals surface area (Å²) in [6, 6.07) is 72.6. The number of benzene rings is 9. The van der Waals surface area contributed by atoms with E-state index in [0.717, 1.165) is 78.3 Å².